The van der Waals surface area contributed by atoms with Crippen LogP contribution in [0.3, 0.4) is 0 Å². The zero-order chi connectivity index (χ0) is 25.9. The van der Waals surface area contributed by atoms with Gasteiger partial charge in [-0.05, 0) is 49.6 Å². The molecular formula is C28H29N5O4. The summed E-state index contributed by atoms with van der Waals surface area (Å²) in [6, 6.07) is 12.1. The zero-order valence-corrected chi connectivity index (χ0v) is 20.9. The molecule has 9 nitrogen and oxygen atoms in total. The van der Waals surface area contributed by atoms with Crippen LogP contribution in [-0.4, -0.2) is 53.8 Å². The summed E-state index contributed by atoms with van der Waals surface area (Å²) in [4.78, 5) is 36.9. The molecule has 1 N–H and O–H groups in total. The number of nitrogens with zero attached hydrogens (tertiary/aromatic N) is 5. The van der Waals surface area contributed by atoms with E-state index in [4.69, 9.17) is 4.74 Å². The zero-order valence-electron chi connectivity index (χ0n) is 20.9. The number of ketones is 1. The first-order valence-corrected chi connectivity index (χ1v) is 12.4. The second kappa shape index (κ2) is 10.3. The van der Waals surface area contributed by atoms with Crippen molar-refractivity contribution in [2.45, 2.75) is 39.3 Å². The Morgan fingerprint density at radius 2 is 1.97 bits per heavy atom. The topological polar surface area (TPSA) is 102 Å². The van der Waals surface area contributed by atoms with Gasteiger partial charge in [0.2, 0.25) is 0 Å². The van der Waals surface area contributed by atoms with E-state index in [-0.39, 0.29) is 11.3 Å². The fourth-order valence-corrected chi connectivity index (χ4v) is 4.82. The molecule has 0 saturated carbocycles. The van der Waals surface area contributed by atoms with Gasteiger partial charge in [-0.25, -0.2) is 9.97 Å². The lowest BCUT2D eigenvalue weighted by molar-refractivity contribution is -0.139. The van der Waals surface area contributed by atoms with Crippen LogP contribution < -0.4 is 4.74 Å². The largest absolute Gasteiger partial charge is 0.505 e. The van der Waals surface area contributed by atoms with Gasteiger partial charge >= 0.3 is 0 Å². The monoisotopic (exact) mass is 499 g/mol. The Bertz CT molecular complexity index is 1470. The SMILES string of the molecule is CCCOc1cccc(C2C(=C(O)c3c(C)nc4ccccn34)C(=O)C(=O)N2CCCn2ccnc2)c1. The first-order chi connectivity index (χ1) is 18.0. The average molecular weight is 500 g/mol. The smallest absolute Gasteiger partial charge is 0.295 e. The number of aryl methyl sites for hydroxylation is 2. The highest BCUT2D eigenvalue weighted by atomic mass is 16.5. The number of carbonyl (C=O) groups excluding carboxylic acids is 2. The number of rotatable bonds is 9. The van der Waals surface area contributed by atoms with Crippen molar-refractivity contribution in [1.82, 2.24) is 23.8 Å². The number of ether oxygens (including phenoxy) is 1. The van der Waals surface area contributed by atoms with Crippen LogP contribution in [0.4, 0.5) is 0 Å². The number of fused-ring (bicyclic) bond motifs is 1. The molecule has 4 heterocycles. The molecular weight excluding hydrogens is 470 g/mol. The third-order valence-corrected chi connectivity index (χ3v) is 6.49. The van der Waals surface area contributed by atoms with Gasteiger partial charge in [0, 0.05) is 31.7 Å². The Morgan fingerprint density at radius 3 is 2.76 bits per heavy atom. The summed E-state index contributed by atoms with van der Waals surface area (Å²) < 4.78 is 9.48. The van der Waals surface area contributed by atoms with Gasteiger partial charge in [-0.2, -0.15) is 0 Å². The Balaban J connectivity index is 1.60. The van der Waals surface area contributed by atoms with Crippen molar-refractivity contribution in [2.24, 2.45) is 0 Å². The predicted molar refractivity (Wildman–Crippen MR) is 138 cm³/mol. The van der Waals surface area contributed by atoms with Gasteiger partial charge in [-0.1, -0.05) is 25.1 Å². The van der Waals surface area contributed by atoms with Gasteiger partial charge < -0.3 is 19.3 Å². The van der Waals surface area contributed by atoms with Crippen LogP contribution in [0.25, 0.3) is 11.4 Å². The van der Waals surface area contributed by atoms with Crippen LogP contribution in [0.1, 0.15) is 42.8 Å². The number of aromatic nitrogens is 4. The van der Waals surface area contributed by atoms with Crippen molar-refractivity contribution < 1.29 is 19.4 Å². The number of hydrogen-bond acceptors (Lipinski definition) is 6. The van der Waals surface area contributed by atoms with Crippen molar-refractivity contribution in [2.75, 3.05) is 13.2 Å². The lowest BCUT2D eigenvalue weighted by Gasteiger charge is -2.25. The van der Waals surface area contributed by atoms with E-state index in [1.54, 1.807) is 34.9 Å². The normalized spacial score (nSPS) is 17.1. The summed E-state index contributed by atoms with van der Waals surface area (Å²) in [5.74, 6) is -0.940. The van der Waals surface area contributed by atoms with Gasteiger partial charge in [0.05, 0.1) is 30.2 Å². The molecule has 1 saturated heterocycles. The van der Waals surface area contributed by atoms with Crippen LogP contribution in [0.15, 0.2) is 73.0 Å². The van der Waals surface area contributed by atoms with Crippen LogP contribution >= 0.6 is 0 Å². The van der Waals surface area contributed by atoms with E-state index in [2.05, 4.69) is 9.97 Å². The summed E-state index contributed by atoms with van der Waals surface area (Å²) in [6.45, 7) is 5.32. The molecule has 4 aromatic rings. The third-order valence-electron chi connectivity index (χ3n) is 6.49. The standard InChI is InChI=1S/C28H29N5O4/c1-3-16-37-21-9-6-8-20(17-21)25-23(26(34)24-19(2)30-22-10-4-5-13-32(22)24)27(35)28(36)33(25)14-7-12-31-15-11-29-18-31/h4-6,8-11,13,15,17-18,25,34H,3,7,12,14,16H2,1-2H3. The van der Waals surface area contributed by atoms with Gasteiger partial charge in [0.15, 0.2) is 5.76 Å². The molecule has 0 bridgehead atoms. The number of aliphatic hydroxyl groups excluding tert-OH is 1. The number of likely N-dealkylation sites (tertiary alicyclic amines) is 1. The Kier molecular flexibility index (Phi) is 6.76. The molecule has 1 amide bonds. The summed E-state index contributed by atoms with van der Waals surface area (Å²) >= 11 is 0. The molecule has 37 heavy (non-hydrogen) atoms. The van der Waals surface area contributed by atoms with E-state index in [1.807, 2.05) is 60.2 Å². The van der Waals surface area contributed by atoms with E-state index < -0.39 is 17.7 Å². The maximum absolute atomic E-state index is 13.4. The molecule has 0 aliphatic carbocycles. The number of carbonyl (C=O) groups is 2. The van der Waals surface area contributed by atoms with Crippen LogP contribution in [0, 0.1) is 6.92 Å². The van der Waals surface area contributed by atoms with E-state index in [0.717, 1.165) is 6.42 Å². The van der Waals surface area contributed by atoms with Crippen molar-refractivity contribution in [3.63, 3.8) is 0 Å². The number of pyridine rings is 1. The van der Waals surface area contributed by atoms with Gasteiger partial charge in [0.25, 0.3) is 11.7 Å². The number of hydrogen-bond donors (Lipinski definition) is 1. The van der Waals surface area contributed by atoms with Crippen LogP contribution in [0.5, 0.6) is 5.75 Å². The number of Topliss-reactive ketones (excluding diaryl/α,β-unsaturated/α-hetero) is 1. The number of aliphatic hydroxyl groups is 1. The Morgan fingerprint density at radius 1 is 1.11 bits per heavy atom. The predicted octanol–water partition coefficient (Wildman–Crippen LogP) is 4.14. The molecule has 1 unspecified atom stereocenters. The summed E-state index contributed by atoms with van der Waals surface area (Å²) in [7, 11) is 0. The van der Waals surface area contributed by atoms with Crippen molar-refractivity contribution in [3.05, 3.63) is 89.9 Å². The summed E-state index contributed by atoms with van der Waals surface area (Å²) in [5, 5.41) is 11.6. The van der Waals surface area contributed by atoms with Crippen LogP contribution in [0.2, 0.25) is 0 Å². The minimum absolute atomic E-state index is 0.0500. The second-order valence-electron chi connectivity index (χ2n) is 9.04. The second-order valence-corrected chi connectivity index (χ2v) is 9.04. The lowest BCUT2D eigenvalue weighted by Crippen LogP contribution is -2.31. The van der Waals surface area contributed by atoms with Crippen molar-refractivity contribution in [1.29, 1.82) is 0 Å². The first-order valence-electron chi connectivity index (χ1n) is 12.4. The van der Waals surface area contributed by atoms with E-state index in [1.165, 1.54) is 0 Å². The van der Waals surface area contributed by atoms with E-state index in [9.17, 15) is 14.7 Å². The first kappa shape index (κ1) is 24.3. The molecule has 1 fully saturated rings. The summed E-state index contributed by atoms with van der Waals surface area (Å²) in [5.41, 5.74) is 2.35. The number of imidazole rings is 2. The molecule has 0 spiro atoms. The Hall–Kier alpha value is -4.40. The van der Waals surface area contributed by atoms with Crippen molar-refractivity contribution in [3.8, 4) is 5.75 Å². The van der Waals surface area contributed by atoms with E-state index >= 15 is 0 Å². The molecule has 1 aromatic carbocycles. The molecule has 9 heteroatoms. The number of amides is 1. The highest BCUT2D eigenvalue weighted by molar-refractivity contribution is 6.46. The molecule has 190 valence electrons. The highest BCUT2D eigenvalue weighted by Gasteiger charge is 2.46. The molecule has 1 atom stereocenters. The average Bonchev–Trinajstić information content (AvgIpc) is 3.60. The van der Waals surface area contributed by atoms with Gasteiger partial charge in [0.1, 0.15) is 17.1 Å². The Labute approximate surface area is 214 Å². The maximum atomic E-state index is 13.4. The molecule has 1 aliphatic rings. The molecule has 3 aromatic heterocycles. The minimum Gasteiger partial charge on any atom is -0.505 e. The maximum Gasteiger partial charge on any atom is 0.295 e. The fraction of sp³-hybridized carbons (Fsp3) is 0.286. The van der Waals surface area contributed by atoms with Gasteiger partial charge in [-0.15, -0.1) is 0 Å². The van der Waals surface area contributed by atoms with Crippen LogP contribution in [-0.2, 0) is 16.1 Å². The lowest BCUT2D eigenvalue weighted by atomic mass is 9.96. The number of benzene rings is 1. The molecule has 0 radical (unpaired) electrons. The highest BCUT2D eigenvalue weighted by Crippen LogP contribution is 2.41. The van der Waals surface area contributed by atoms with Crippen molar-refractivity contribution >= 4 is 23.1 Å². The molecule has 1 aliphatic heterocycles. The fourth-order valence-electron chi connectivity index (χ4n) is 4.82. The summed E-state index contributed by atoms with van der Waals surface area (Å²) in [6.07, 6.45) is 8.51. The van der Waals surface area contributed by atoms with E-state index in [0.29, 0.717) is 54.5 Å². The quantitative estimate of drug-likeness (QED) is 0.211. The van der Waals surface area contributed by atoms with Gasteiger partial charge in [-0.3, -0.25) is 14.0 Å². The minimum atomic E-state index is -0.762. The third kappa shape index (κ3) is 4.60. The molecule has 5 rings (SSSR count).